The molecule has 0 bridgehead atoms. The van der Waals surface area contributed by atoms with Gasteiger partial charge in [-0.1, -0.05) is 0 Å². The highest BCUT2D eigenvalue weighted by Crippen LogP contribution is 2.30. The number of hydrogen-bond donors (Lipinski definition) is 2. The van der Waals surface area contributed by atoms with Crippen molar-refractivity contribution in [3.63, 3.8) is 0 Å². The van der Waals surface area contributed by atoms with Gasteiger partial charge in [0, 0.05) is 49.0 Å². The maximum absolute atomic E-state index is 14.1. The van der Waals surface area contributed by atoms with Gasteiger partial charge in [-0.25, -0.2) is 14.4 Å². The van der Waals surface area contributed by atoms with Crippen LogP contribution in [0.25, 0.3) is 16.6 Å². The second-order valence-corrected chi connectivity index (χ2v) is 7.24. The number of aryl methyl sites for hydroxylation is 1. The van der Waals surface area contributed by atoms with E-state index < -0.39 is 0 Å². The number of pyridine rings is 1. The van der Waals surface area contributed by atoms with Crippen LogP contribution in [0.1, 0.15) is 30.5 Å². The van der Waals surface area contributed by atoms with Gasteiger partial charge >= 0.3 is 0 Å². The van der Waals surface area contributed by atoms with E-state index in [1.165, 1.54) is 6.07 Å². The summed E-state index contributed by atoms with van der Waals surface area (Å²) in [5.41, 5.74) is 2.97. The highest BCUT2D eigenvalue weighted by atomic mass is 19.1. The molecule has 4 aromatic rings. The van der Waals surface area contributed by atoms with Crippen molar-refractivity contribution >= 4 is 28.2 Å². The summed E-state index contributed by atoms with van der Waals surface area (Å²) in [5, 5.41) is 12.1. The number of ether oxygens (including phenoxy) is 1. The van der Waals surface area contributed by atoms with Crippen molar-refractivity contribution in [2.45, 2.75) is 26.3 Å². The molecule has 0 amide bonds. The van der Waals surface area contributed by atoms with Crippen LogP contribution in [0.5, 0.6) is 0 Å². The molecule has 1 unspecified atom stereocenters. The molecular formula is C22H25FN6O. The van der Waals surface area contributed by atoms with E-state index in [2.05, 4.69) is 33.7 Å². The minimum Gasteiger partial charge on any atom is -0.385 e. The second kappa shape index (κ2) is 8.62. The molecule has 4 rings (SSSR count). The van der Waals surface area contributed by atoms with Crippen molar-refractivity contribution < 1.29 is 9.13 Å². The first kappa shape index (κ1) is 20.0. The third kappa shape index (κ3) is 3.91. The zero-order valence-electron chi connectivity index (χ0n) is 17.3. The van der Waals surface area contributed by atoms with Crippen LogP contribution < -0.4 is 10.6 Å². The number of rotatable bonds is 8. The van der Waals surface area contributed by atoms with Crippen LogP contribution in [0.3, 0.4) is 0 Å². The van der Waals surface area contributed by atoms with Gasteiger partial charge in [-0.3, -0.25) is 0 Å². The zero-order valence-corrected chi connectivity index (χ0v) is 17.3. The Morgan fingerprint density at radius 3 is 2.90 bits per heavy atom. The molecule has 0 fully saturated rings. The van der Waals surface area contributed by atoms with Crippen LogP contribution in [0.2, 0.25) is 0 Å². The Morgan fingerprint density at radius 2 is 2.07 bits per heavy atom. The Balaban J connectivity index is 1.71. The summed E-state index contributed by atoms with van der Waals surface area (Å²) in [6.07, 6.45) is 4.31. The van der Waals surface area contributed by atoms with Crippen molar-refractivity contribution in [1.82, 2.24) is 19.6 Å². The number of anilines is 2. The molecule has 156 valence electrons. The Bertz CT molecular complexity index is 1180. The van der Waals surface area contributed by atoms with E-state index in [4.69, 9.17) is 9.72 Å². The highest BCUT2D eigenvalue weighted by molar-refractivity contribution is 5.85. The highest BCUT2D eigenvalue weighted by Gasteiger charge is 2.17. The van der Waals surface area contributed by atoms with Gasteiger partial charge in [0.05, 0.1) is 17.8 Å². The topological polar surface area (TPSA) is 76.4 Å². The Hall–Kier alpha value is -3.26. The van der Waals surface area contributed by atoms with E-state index in [1.54, 1.807) is 37.0 Å². The first-order valence-electron chi connectivity index (χ1n) is 9.96. The number of methoxy groups -OCH3 is 1. The Kier molecular flexibility index (Phi) is 5.76. The summed E-state index contributed by atoms with van der Waals surface area (Å²) in [6.45, 7) is 5.19. The number of nitrogens with one attached hydrogen (secondary N) is 2. The van der Waals surface area contributed by atoms with E-state index in [9.17, 15) is 4.39 Å². The van der Waals surface area contributed by atoms with Gasteiger partial charge in [-0.15, -0.1) is 0 Å². The summed E-state index contributed by atoms with van der Waals surface area (Å²) < 4.78 is 21.0. The van der Waals surface area contributed by atoms with E-state index in [1.807, 2.05) is 12.1 Å². The van der Waals surface area contributed by atoms with Crippen molar-refractivity contribution in [3.8, 4) is 0 Å². The molecule has 7 nitrogen and oxygen atoms in total. The lowest BCUT2D eigenvalue weighted by atomic mass is 10.0. The lowest BCUT2D eigenvalue weighted by Gasteiger charge is -2.21. The largest absolute Gasteiger partial charge is 0.385 e. The van der Waals surface area contributed by atoms with Crippen LogP contribution in [0.15, 0.2) is 42.7 Å². The maximum atomic E-state index is 14.1. The van der Waals surface area contributed by atoms with Gasteiger partial charge in [0.2, 0.25) is 0 Å². The Morgan fingerprint density at radius 1 is 1.20 bits per heavy atom. The van der Waals surface area contributed by atoms with Gasteiger partial charge in [0.1, 0.15) is 17.5 Å². The minimum absolute atomic E-state index is 0.0769. The van der Waals surface area contributed by atoms with Crippen LogP contribution in [-0.4, -0.2) is 39.8 Å². The van der Waals surface area contributed by atoms with Gasteiger partial charge < -0.3 is 15.4 Å². The van der Waals surface area contributed by atoms with Crippen molar-refractivity contribution in [1.29, 1.82) is 0 Å². The van der Waals surface area contributed by atoms with Gasteiger partial charge in [0.25, 0.3) is 0 Å². The molecule has 8 heteroatoms. The average molecular weight is 408 g/mol. The van der Waals surface area contributed by atoms with Crippen LogP contribution in [0.4, 0.5) is 16.0 Å². The number of halogens is 1. The second-order valence-electron chi connectivity index (χ2n) is 7.24. The fourth-order valence-corrected chi connectivity index (χ4v) is 3.51. The first-order valence-corrected chi connectivity index (χ1v) is 9.96. The summed E-state index contributed by atoms with van der Waals surface area (Å²) in [4.78, 5) is 9.09. The molecule has 3 aromatic heterocycles. The monoisotopic (exact) mass is 408 g/mol. The molecule has 0 spiro atoms. The molecule has 2 N–H and O–H groups in total. The Labute approximate surface area is 174 Å². The van der Waals surface area contributed by atoms with Crippen LogP contribution in [0, 0.1) is 12.7 Å². The number of nitrogens with zero attached hydrogens (tertiary/aromatic N) is 4. The number of fused-ring (bicyclic) bond motifs is 2. The lowest BCUT2D eigenvalue weighted by Crippen LogP contribution is -2.15. The summed E-state index contributed by atoms with van der Waals surface area (Å²) in [7, 11) is 1.68. The maximum Gasteiger partial charge on any atom is 0.157 e. The zero-order chi connectivity index (χ0) is 21.1. The van der Waals surface area contributed by atoms with Crippen molar-refractivity contribution in [2.75, 3.05) is 30.9 Å². The molecule has 0 saturated carbocycles. The first-order chi connectivity index (χ1) is 14.6. The van der Waals surface area contributed by atoms with E-state index >= 15 is 0 Å². The molecular weight excluding hydrogens is 383 g/mol. The van der Waals surface area contributed by atoms with Gasteiger partial charge in [-0.05, 0) is 44.5 Å². The fraction of sp³-hybridized carbons (Fsp3) is 0.318. The predicted octanol–water partition coefficient (Wildman–Crippen LogP) is 4.35. The molecule has 0 aliphatic rings. The molecule has 0 aliphatic carbocycles. The summed E-state index contributed by atoms with van der Waals surface area (Å²) >= 11 is 0. The molecule has 1 atom stereocenters. The molecule has 0 radical (unpaired) electrons. The molecule has 30 heavy (non-hydrogen) atoms. The minimum atomic E-state index is -0.253. The standard InChI is InChI=1S/C22H25FN6O/c1-14-18(23)6-5-16-13-17(22(28-21(14)16)25-9-4-12-30-3)15(2)27-20-7-10-24-19-8-11-26-29(19)20/h5-8,10-11,13,15,27H,4,9,12H2,1-3H3,(H,25,28). The van der Waals surface area contributed by atoms with E-state index in [0.29, 0.717) is 24.2 Å². The SMILES string of the molecule is COCCCNc1nc2c(C)c(F)ccc2cc1C(C)Nc1ccnc2ccnn12. The third-order valence-electron chi connectivity index (χ3n) is 5.14. The van der Waals surface area contributed by atoms with Gasteiger partial charge in [0.15, 0.2) is 5.65 Å². The molecule has 0 aliphatic heterocycles. The van der Waals surface area contributed by atoms with Gasteiger partial charge in [-0.2, -0.15) is 9.61 Å². The summed E-state index contributed by atoms with van der Waals surface area (Å²) in [6, 6.07) is 8.99. The lowest BCUT2D eigenvalue weighted by molar-refractivity contribution is 0.197. The number of benzene rings is 1. The normalized spacial score (nSPS) is 12.4. The van der Waals surface area contributed by atoms with E-state index in [0.717, 1.165) is 34.7 Å². The summed E-state index contributed by atoms with van der Waals surface area (Å²) in [5.74, 6) is 1.31. The van der Waals surface area contributed by atoms with Crippen molar-refractivity contribution in [3.05, 3.63) is 59.7 Å². The number of hydrogen-bond acceptors (Lipinski definition) is 6. The smallest absolute Gasteiger partial charge is 0.157 e. The van der Waals surface area contributed by atoms with Crippen LogP contribution in [-0.2, 0) is 4.74 Å². The number of aromatic nitrogens is 4. The quantitative estimate of drug-likeness (QED) is 0.422. The fourth-order valence-electron chi connectivity index (χ4n) is 3.51. The molecule has 1 aromatic carbocycles. The average Bonchev–Trinajstić information content (AvgIpc) is 3.23. The molecule has 0 saturated heterocycles. The van der Waals surface area contributed by atoms with E-state index in [-0.39, 0.29) is 11.9 Å². The predicted molar refractivity (Wildman–Crippen MR) is 116 cm³/mol. The third-order valence-corrected chi connectivity index (χ3v) is 5.14. The molecule has 3 heterocycles. The van der Waals surface area contributed by atoms with Crippen LogP contribution >= 0.6 is 0 Å². The van der Waals surface area contributed by atoms with Crippen molar-refractivity contribution in [2.24, 2.45) is 0 Å².